The van der Waals surface area contributed by atoms with Crippen molar-refractivity contribution in [2.45, 2.75) is 13.8 Å². The summed E-state index contributed by atoms with van der Waals surface area (Å²) in [6.45, 7) is 4.01. The van der Waals surface area contributed by atoms with Crippen LogP contribution in [0.2, 0.25) is 0 Å². The minimum absolute atomic E-state index is 0.172. The highest BCUT2D eigenvalue weighted by atomic mass is 16.2. The van der Waals surface area contributed by atoms with Crippen LogP contribution in [0, 0.1) is 13.8 Å². The summed E-state index contributed by atoms with van der Waals surface area (Å²) in [5, 5.41) is 0. The molecule has 2 aromatic rings. The Morgan fingerprint density at radius 2 is 2.00 bits per heavy atom. The summed E-state index contributed by atoms with van der Waals surface area (Å²) in [5.41, 5.74) is 6.59. The molecule has 2 rings (SSSR count). The van der Waals surface area contributed by atoms with E-state index in [0.29, 0.717) is 11.4 Å². The van der Waals surface area contributed by atoms with E-state index in [4.69, 9.17) is 5.84 Å². The Bertz CT molecular complexity index is 640. The molecule has 0 bridgehead atoms. The van der Waals surface area contributed by atoms with Gasteiger partial charge in [0.1, 0.15) is 5.69 Å². The van der Waals surface area contributed by atoms with Gasteiger partial charge in [-0.25, -0.2) is 0 Å². The van der Waals surface area contributed by atoms with Gasteiger partial charge in [0.15, 0.2) is 0 Å². The predicted octanol–water partition coefficient (Wildman–Crippen LogP) is 2.26. The summed E-state index contributed by atoms with van der Waals surface area (Å²) in [6, 6.07) is 9.30. The average Bonchev–Trinajstić information content (AvgIpc) is 2.46. The lowest BCUT2D eigenvalue weighted by Crippen LogP contribution is -2.28. The molecule has 1 heterocycles. The maximum atomic E-state index is 12.4. The molecule has 1 aromatic carbocycles. The lowest BCUT2D eigenvalue weighted by atomic mass is 10.1. The van der Waals surface area contributed by atoms with Gasteiger partial charge in [-0.2, -0.15) is 0 Å². The molecule has 0 aliphatic heterocycles. The fourth-order valence-electron chi connectivity index (χ4n) is 2.10. The number of nitrogens with one attached hydrogen (secondary N) is 1. The van der Waals surface area contributed by atoms with Crippen molar-refractivity contribution in [3.8, 4) is 0 Å². The molecule has 0 aliphatic rings. The number of hydrogen-bond donors (Lipinski definition) is 2. The number of nitrogen functional groups attached to an aromatic ring is 1. The number of amides is 1. The molecule has 104 valence electrons. The van der Waals surface area contributed by atoms with Gasteiger partial charge in [0.05, 0.1) is 5.69 Å². The molecule has 5 heteroatoms. The number of nitrogens with two attached hydrogens (primary N) is 1. The molecule has 0 spiro atoms. The standard InChI is InChI=1S/C15H18N4O/c1-10-4-5-14(11(2)8-10)19(3)15(20)13-9-12(18-16)6-7-17-13/h4-9H,16H2,1-3H3,(H,17,18). The first kappa shape index (κ1) is 14.0. The van der Waals surface area contributed by atoms with Crippen molar-refractivity contribution in [1.82, 2.24) is 4.98 Å². The highest BCUT2D eigenvalue weighted by Gasteiger charge is 2.16. The highest BCUT2D eigenvalue weighted by Crippen LogP contribution is 2.21. The van der Waals surface area contributed by atoms with E-state index in [0.717, 1.165) is 11.3 Å². The minimum Gasteiger partial charge on any atom is -0.324 e. The third kappa shape index (κ3) is 2.78. The fourth-order valence-corrected chi connectivity index (χ4v) is 2.10. The third-order valence-electron chi connectivity index (χ3n) is 3.16. The first-order valence-electron chi connectivity index (χ1n) is 6.31. The van der Waals surface area contributed by atoms with E-state index in [1.807, 2.05) is 32.0 Å². The molecular weight excluding hydrogens is 252 g/mol. The number of nitrogens with zero attached hydrogens (tertiary/aromatic N) is 2. The molecule has 3 N–H and O–H groups in total. The van der Waals surface area contributed by atoms with Gasteiger partial charge in [-0.15, -0.1) is 0 Å². The van der Waals surface area contributed by atoms with Crippen LogP contribution in [0.5, 0.6) is 0 Å². The van der Waals surface area contributed by atoms with Gasteiger partial charge in [-0.3, -0.25) is 15.6 Å². The van der Waals surface area contributed by atoms with E-state index < -0.39 is 0 Å². The summed E-state index contributed by atoms with van der Waals surface area (Å²) in [5.74, 6) is 5.17. The number of aryl methyl sites for hydroxylation is 2. The SMILES string of the molecule is Cc1ccc(N(C)C(=O)c2cc(NN)ccn2)c(C)c1. The molecule has 0 atom stereocenters. The molecule has 1 amide bonds. The summed E-state index contributed by atoms with van der Waals surface area (Å²) < 4.78 is 0. The van der Waals surface area contributed by atoms with Gasteiger partial charge >= 0.3 is 0 Å². The lowest BCUT2D eigenvalue weighted by molar-refractivity contribution is 0.0988. The topological polar surface area (TPSA) is 71.2 Å². The van der Waals surface area contributed by atoms with Crippen LogP contribution in [0.1, 0.15) is 21.6 Å². The minimum atomic E-state index is -0.172. The number of hydrazine groups is 1. The van der Waals surface area contributed by atoms with Crippen molar-refractivity contribution in [2.24, 2.45) is 5.84 Å². The van der Waals surface area contributed by atoms with Gasteiger partial charge in [0.25, 0.3) is 5.91 Å². The van der Waals surface area contributed by atoms with Crippen LogP contribution in [0.15, 0.2) is 36.5 Å². The summed E-state index contributed by atoms with van der Waals surface area (Å²) in [7, 11) is 1.74. The number of aromatic nitrogens is 1. The second-order valence-electron chi connectivity index (χ2n) is 4.73. The molecule has 0 aliphatic carbocycles. The largest absolute Gasteiger partial charge is 0.324 e. The number of hydrogen-bond acceptors (Lipinski definition) is 4. The van der Waals surface area contributed by atoms with E-state index >= 15 is 0 Å². The van der Waals surface area contributed by atoms with Gasteiger partial charge in [0.2, 0.25) is 0 Å². The van der Waals surface area contributed by atoms with Gasteiger partial charge in [-0.05, 0) is 37.6 Å². The van der Waals surface area contributed by atoms with E-state index in [-0.39, 0.29) is 5.91 Å². The smallest absolute Gasteiger partial charge is 0.276 e. The molecule has 0 saturated heterocycles. The summed E-state index contributed by atoms with van der Waals surface area (Å²) in [4.78, 5) is 18.1. The number of carbonyl (C=O) groups is 1. The van der Waals surface area contributed by atoms with Gasteiger partial charge < -0.3 is 10.3 Å². The molecule has 5 nitrogen and oxygen atoms in total. The Balaban J connectivity index is 2.32. The molecular formula is C15H18N4O. The Kier molecular flexibility index (Phi) is 4.00. The van der Waals surface area contributed by atoms with E-state index in [1.165, 1.54) is 5.56 Å². The second kappa shape index (κ2) is 5.71. The molecule has 0 saturated carbocycles. The fraction of sp³-hybridized carbons (Fsp3) is 0.200. The van der Waals surface area contributed by atoms with Crippen molar-refractivity contribution in [2.75, 3.05) is 17.4 Å². The molecule has 1 aromatic heterocycles. The van der Waals surface area contributed by atoms with Crippen molar-refractivity contribution < 1.29 is 4.79 Å². The maximum absolute atomic E-state index is 12.4. The zero-order valence-electron chi connectivity index (χ0n) is 11.8. The maximum Gasteiger partial charge on any atom is 0.276 e. The van der Waals surface area contributed by atoms with Crippen LogP contribution in [0.4, 0.5) is 11.4 Å². The monoisotopic (exact) mass is 270 g/mol. The number of carbonyl (C=O) groups excluding carboxylic acids is 1. The molecule has 0 fully saturated rings. The van der Waals surface area contributed by atoms with Gasteiger partial charge in [-0.1, -0.05) is 17.7 Å². The summed E-state index contributed by atoms with van der Waals surface area (Å²) >= 11 is 0. The Hall–Kier alpha value is -2.40. The first-order valence-corrected chi connectivity index (χ1v) is 6.31. The van der Waals surface area contributed by atoms with Crippen LogP contribution in [0.25, 0.3) is 0 Å². The van der Waals surface area contributed by atoms with E-state index in [1.54, 1.807) is 30.3 Å². The second-order valence-corrected chi connectivity index (χ2v) is 4.73. The molecule has 0 radical (unpaired) electrons. The Morgan fingerprint density at radius 3 is 2.65 bits per heavy atom. The van der Waals surface area contributed by atoms with E-state index in [2.05, 4.69) is 10.4 Å². The zero-order chi connectivity index (χ0) is 14.7. The van der Waals surface area contributed by atoms with Crippen LogP contribution in [-0.2, 0) is 0 Å². The van der Waals surface area contributed by atoms with Crippen LogP contribution >= 0.6 is 0 Å². The van der Waals surface area contributed by atoms with Crippen LogP contribution in [0.3, 0.4) is 0 Å². The van der Waals surface area contributed by atoms with Crippen LogP contribution in [-0.4, -0.2) is 17.9 Å². The first-order chi connectivity index (χ1) is 9.52. The normalized spacial score (nSPS) is 10.2. The van der Waals surface area contributed by atoms with Crippen molar-refractivity contribution in [1.29, 1.82) is 0 Å². The highest BCUT2D eigenvalue weighted by molar-refractivity contribution is 6.05. The van der Waals surface area contributed by atoms with Gasteiger partial charge in [0, 0.05) is 18.9 Å². The lowest BCUT2D eigenvalue weighted by Gasteiger charge is -2.19. The number of anilines is 2. The Labute approximate surface area is 118 Å². The molecule has 0 unspecified atom stereocenters. The number of pyridine rings is 1. The Morgan fingerprint density at radius 1 is 1.25 bits per heavy atom. The third-order valence-corrected chi connectivity index (χ3v) is 3.16. The van der Waals surface area contributed by atoms with E-state index in [9.17, 15) is 4.79 Å². The number of benzene rings is 1. The van der Waals surface area contributed by atoms with Crippen LogP contribution < -0.4 is 16.2 Å². The predicted molar refractivity (Wildman–Crippen MR) is 80.7 cm³/mol. The summed E-state index contributed by atoms with van der Waals surface area (Å²) in [6.07, 6.45) is 1.55. The number of rotatable bonds is 3. The zero-order valence-corrected chi connectivity index (χ0v) is 11.8. The quantitative estimate of drug-likeness (QED) is 0.663. The van der Waals surface area contributed by atoms with Crippen molar-refractivity contribution in [3.63, 3.8) is 0 Å². The van der Waals surface area contributed by atoms with Crippen molar-refractivity contribution >= 4 is 17.3 Å². The average molecular weight is 270 g/mol. The van der Waals surface area contributed by atoms with Crippen molar-refractivity contribution in [3.05, 3.63) is 53.3 Å². The molecule has 20 heavy (non-hydrogen) atoms.